The van der Waals surface area contributed by atoms with Gasteiger partial charge in [-0.3, -0.25) is 9.98 Å². The molecule has 0 fully saturated rings. The first-order valence-electron chi connectivity index (χ1n) is 5.54. The third-order valence-corrected chi connectivity index (χ3v) is 2.29. The van der Waals surface area contributed by atoms with E-state index in [0.717, 1.165) is 17.7 Å². The number of aliphatic imine (C=N–C) groups is 2. The molecule has 0 saturated heterocycles. The monoisotopic (exact) mass is 225 g/mol. The van der Waals surface area contributed by atoms with Crippen LogP contribution in [0.4, 0.5) is 0 Å². The van der Waals surface area contributed by atoms with Crippen LogP contribution in [0, 0.1) is 5.92 Å². The third-order valence-electron chi connectivity index (χ3n) is 2.29. The number of hydrogen-bond donors (Lipinski definition) is 2. The number of hydrogen-bond acceptors (Lipinski definition) is 4. The maximum absolute atomic E-state index is 8.58. The molecule has 3 N–H and O–H groups in total. The molecule has 2 unspecified atom stereocenters. The maximum atomic E-state index is 8.58. The minimum atomic E-state index is -0.0439. The summed E-state index contributed by atoms with van der Waals surface area (Å²) in [7, 11) is 1.78. The van der Waals surface area contributed by atoms with Crippen LogP contribution in [-0.4, -0.2) is 36.7 Å². The van der Waals surface area contributed by atoms with Gasteiger partial charge in [-0.15, -0.1) is 0 Å². The zero-order valence-electron chi connectivity index (χ0n) is 10.6. The lowest BCUT2D eigenvalue weighted by Gasteiger charge is -2.16. The quantitative estimate of drug-likeness (QED) is 0.671. The topological polar surface area (TPSA) is 71.0 Å². The molecule has 0 aliphatic carbocycles. The van der Waals surface area contributed by atoms with Crippen LogP contribution in [0.15, 0.2) is 21.8 Å². The zero-order valence-corrected chi connectivity index (χ0v) is 10.6. The summed E-state index contributed by atoms with van der Waals surface area (Å²) in [5.74, 6) is 0.325. The number of nitrogens with two attached hydrogens (primary N) is 1. The number of aliphatic hydroxyl groups excluding tert-OH is 1. The summed E-state index contributed by atoms with van der Waals surface area (Å²) in [4.78, 5) is 8.25. The summed E-state index contributed by atoms with van der Waals surface area (Å²) in [5.41, 5.74) is 7.81. The summed E-state index contributed by atoms with van der Waals surface area (Å²) in [6.45, 7) is 6.03. The normalized spacial score (nSPS) is 17.9. The molecule has 0 aliphatic heterocycles. The van der Waals surface area contributed by atoms with Gasteiger partial charge in [0.1, 0.15) is 0 Å². The Morgan fingerprint density at radius 3 is 2.50 bits per heavy atom. The first kappa shape index (κ1) is 15.0. The highest BCUT2D eigenvalue weighted by Gasteiger charge is 2.13. The summed E-state index contributed by atoms with van der Waals surface area (Å²) in [6.07, 6.45) is 4.07. The van der Waals surface area contributed by atoms with E-state index in [9.17, 15) is 0 Å². The van der Waals surface area contributed by atoms with Crippen molar-refractivity contribution in [2.24, 2.45) is 21.6 Å². The van der Waals surface area contributed by atoms with Crippen molar-refractivity contribution in [2.45, 2.75) is 33.2 Å². The van der Waals surface area contributed by atoms with E-state index in [1.54, 1.807) is 13.2 Å². The van der Waals surface area contributed by atoms with Gasteiger partial charge in [0.05, 0.1) is 6.61 Å². The van der Waals surface area contributed by atoms with E-state index in [2.05, 4.69) is 16.9 Å². The SMILES string of the molecule is C/N=C(/C(C)=C/N=C/CO)C(C)CC(C)N. The van der Waals surface area contributed by atoms with Crippen LogP contribution in [0.5, 0.6) is 0 Å². The summed E-state index contributed by atoms with van der Waals surface area (Å²) in [5, 5.41) is 8.58. The average molecular weight is 225 g/mol. The van der Waals surface area contributed by atoms with Gasteiger partial charge in [0, 0.05) is 31.2 Å². The van der Waals surface area contributed by atoms with Crippen LogP contribution in [-0.2, 0) is 0 Å². The number of rotatable bonds is 6. The van der Waals surface area contributed by atoms with E-state index in [4.69, 9.17) is 10.8 Å². The molecule has 0 aliphatic rings. The maximum Gasteiger partial charge on any atom is 0.0783 e. The molecule has 0 aromatic rings. The molecular weight excluding hydrogens is 202 g/mol. The second kappa shape index (κ2) is 8.19. The second-order valence-corrected chi connectivity index (χ2v) is 4.05. The fraction of sp³-hybridized carbons (Fsp3) is 0.667. The molecule has 0 radical (unpaired) electrons. The zero-order chi connectivity index (χ0) is 12.6. The van der Waals surface area contributed by atoms with Crippen LogP contribution in [0.3, 0.4) is 0 Å². The van der Waals surface area contributed by atoms with E-state index in [1.807, 2.05) is 13.8 Å². The van der Waals surface area contributed by atoms with Crippen LogP contribution >= 0.6 is 0 Å². The molecule has 4 nitrogen and oxygen atoms in total. The van der Waals surface area contributed by atoms with Gasteiger partial charge in [-0.05, 0) is 31.8 Å². The van der Waals surface area contributed by atoms with Gasteiger partial charge in [0.15, 0.2) is 0 Å². The van der Waals surface area contributed by atoms with Crippen LogP contribution in [0.2, 0.25) is 0 Å². The molecule has 0 heterocycles. The minimum absolute atomic E-state index is 0.0439. The number of allylic oxidation sites excluding steroid dienone is 1. The lowest BCUT2D eigenvalue weighted by Crippen LogP contribution is -2.23. The molecule has 0 spiro atoms. The summed E-state index contributed by atoms with van der Waals surface area (Å²) < 4.78 is 0. The Balaban J connectivity index is 4.61. The molecule has 0 saturated carbocycles. The Labute approximate surface area is 98.0 Å². The molecular formula is C12H23N3O. The Morgan fingerprint density at radius 2 is 2.06 bits per heavy atom. The van der Waals surface area contributed by atoms with E-state index >= 15 is 0 Å². The van der Waals surface area contributed by atoms with E-state index in [0.29, 0.717) is 5.92 Å². The van der Waals surface area contributed by atoms with Crippen molar-refractivity contribution in [1.29, 1.82) is 0 Å². The predicted octanol–water partition coefficient (Wildman–Crippen LogP) is 1.40. The summed E-state index contributed by atoms with van der Waals surface area (Å²) in [6, 6.07) is 0.167. The van der Waals surface area contributed by atoms with Crippen LogP contribution in [0.25, 0.3) is 0 Å². The van der Waals surface area contributed by atoms with Crippen molar-refractivity contribution in [3.8, 4) is 0 Å². The third kappa shape index (κ3) is 5.78. The van der Waals surface area contributed by atoms with Crippen molar-refractivity contribution < 1.29 is 5.11 Å². The van der Waals surface area contributed by atoms with Gasteiger partial charge in [-0.1, -0.05) is 6.92 Å². The standard InChI is InChI=1S/C12H23N3O/c1-9(7-11(3)13)12(14-4)10(2)8-15-5-6-16/h5,8-9,11,16H,6-7,13H2,1-4H3/b10-8+,14-12+,15-5+. The van der Waals surface area contributed by atoms with Crippen LogP contribution in [0.1, 0.15) is 27.2 Å². The van der Waals surface area contributed by atoms with E-state index < -0.39 is 0 Å². The van der Waals surface area contributed by atoms with Gasteiger partial charge in [0.2, 0.25) is 0 Å². The van der Waals surface area contributed by atoms with Gasteiger partial charge >= 0.3 is 0 Å². The van der Waals surface area contributed by atoms with E-state index in [-0.39, 0.29) is 12.6 Å². The fourth-order valence-electron chi connectivity index (χ4n) is 1.73. The lowest BCUT2D eigenvalue weighted by molar-refractivity contribution is 0.361. The molecule has 0 amide bonds. The molecule has 0 rings (SSSR count). The smallest absolute Gasteiger partial charge is 0.0783 e. The molecule has 2 atom stereocenters. The lowest BCUT2D eigenvalue weighted by atomic mass is 9.94. The first-order valence-corrected chi connectivity index (χ1v) is 5.54. The van der Waals surface area contributed by atoms with Gasteiger partial charge < -0.3 is 10.8 Å². The Hall–Kier alpha value is -1.00. The molecule has 0 bridgehead atoms. The van der Waals surface area contributed by atoms with Crippen LogP contribution < -0.4 is 5.73 Å². The Bertz CT molecular complexity index is 280. The molecule has 16 heavy (non-hydrogen) atoms. The van der Waals surface area contributed by atoms with Gasteiger partial charge in [-0.2, -0.15) is 0 Å². The molecule has 4 heteroatoms. The van der Waals surface area contributed by atoms with E-state index in [1.165, 1.54) is 6.21 Å². The fourth-order valence-corrected chi connectivity index (χ4v) is 1.73. The van der Waals surface area contributed by atoms with Crippen molar-refractivity contribution in [2.75, 3.05) is 13.7 Å². The highest BCUT2D eigenvalue weighted by Crippen LogP contribution is 2.13. The molecule has 0 aromatic heterocycles. The largest absolute Gasteiger partial charge is 0.391 e. The van der Waals surface area contributed by atoms with Gasteiger partial charge in [-0.25, -0.2) is 0 Å². The average Bonchev–Trinajstić information content (AvgIpc) is 2.18. The second-order valence-electron chi connectivity index (χ2n) is 4.05. The number of nitrogens with zero attached hydrogens (tertiary/aromatic N) is 2. The first-order chi connectivity index (χ1) is 7.52. The molecule has 92 valence electrons. The predicted molar refractivity (Wildman–Crippen MR) is 70.1 cm³/mol. The van der Waals surface area contributed by atoms with Crippen molar-refractivity contribution in [3.05, 3.63) is 11.8 Å². The minimum Gasteiger partial charge on any atom is -0.391 e. The van der Waals surface area contributed by atoms with Crippen molar-refractivity contribution in [3.63, 3.8) is 0 Å². The highest BCUT2D eigenvalue weighted by atomic mass is 16.2. The summed E-state index contributed by atoms with van der Waals surface area (Å²) >= 11 is 0. The molecule has 0 aromatic carbocycles. The Morgan fingerprint density at radius 1 is 1.44 bits per heavy atom. The highest BCUT2D eigenvalue weighted by molar-refractivity contribution is 6.01. The Kier molecular flexibility index (Phi) is 7.68. The van der Waals surface area contributed by atoms with Gasteiger partial charge in [0.25, 0.3) is 0 Å². The number of aliphatic hydroxyl groups is 1. The van der Waals surface area contributed by atoms with Crippen molar-refractivity contribution in [1.82, 2.24) is 0 Å². The van der Waals surface area contributed by atoms with Crippen molar-refractivity contribution >= 4 is 11.9 Å².